The highest BCUT2D eigenvalue weighted by molar-refractivity contribution is 7.24. The Morgan fingerprint density at radius 2 is 0.895 bits per heavy atom. The summed E-state index contributed by atoms with van der Waals surface area (Å²) in [5.41, 5.74) is 11.0. The molecule has 9 rings (SSSR count). The number of aryl methyl sites for hydroxylation is 2. The van der Waals surface area contributed by atoms with Crippen molar-refractivity contribution in [3.8, 4) is 31.3 Å². The lowest BCUT2D eigenvalue weighted by atomic mass is 9.99. The fourth-order valence-corrected chi connectivity index (χ4v) is 30.0. The molecule has 0 amide bonds. The van der Waals surface area contributed by atoms with Crippen LogP contribution in [-0.2, 0) is 6.54 Å². The Hall–Kier alpha value is -2.89. The third-order valence-corrected chi connectivity index (χ3v) is 32.7. The molecule has 0 fully saturated rings. The molecule has 3 nitrogen and oxygen atoms in total. The summed E-state index contributed by atoms with van der Waals surface area (Å²) in [6, 6.07) is 27.2. The fraction of sp³-hybridized carbons (Fsp3) is 0.618. The van der Waals surface area contributed by atoms with Crippen LogP contribution in [0, 0.1) is 19.8 Å². The summed E-state index contributed by atoms with van der Waals surface area (Å²) in [5.74, 6) is 0.669. The maximum Gasteiger partial charge on any atom is 0.120 e. The van der Waals surface area contributed by atoms with Crippen molar-refractivity contribution in [2.45, 2.75) is 266 Å². The minimum absolute atomic E-state index is 0.669. The van der Waals surface area contributed by atoms with E-state index in [0.29, 0.717) is 5.92 Å². The Kier molecular flexibility index (Phi) is 20.9. The van der Waals surface area contributed by atoms with Crippen LogP contribution < -0.4 is 20.7 Å². The van der Waals surface area contributed by atoms with Crippen LogP contribution in [-0.4, -0.2) is 29.5 Å². The summed E-state index contributed by atoms with van der Waals surface area (Å²) >= 11 is 5.62. The molecule has 0 saturated heterocycles. The van der Waals surface area contributed by atoms with Crippen LogP contribution in [0.5, 0.6) is 0 Å². The monoisotopic (exact) mass is 1110 g/mol. The molecule has 6 heterocycles. The molecule has 4 aromatic heterocycles. The fourth-order valence-electron chi connectivity index (χ4n) is 14.5. The van der Waals surface area contributed by atoms with Gasteiger partial charge in [-0.2, -0.15) is 8.75 Å². The van der Waals surface area contributed by atoms with Gasteiger partial charge >= 0.3 is 0 Å². The second-order valence-corrected chi connectivity index (χ2v) is 35.8. The molecule has 2 aliphatic heterocycles. The number of nitrogens with zero attached hydrogens (tertiary/aromatic N) is 3. The third kappa shape index (κ3) is 12.1. The van der Waals surface area contributed by atoms with E-state index in [4.69, 9.17) is 8.75 Å². The lowest BCUT2D eigenvalue weighted by Crippen LogP contribution is -2.55. The first-order valence-electron chi connectivity index (χ1n) is 31.9. The number of rotatable bonds is 35. The molecule has 8 heteroatoms. The predicted molar refractivity (Wildman–Crippen MR) is 348 cm³/mol. The van der Waals surface area contributed by atoms with Crippen LogP contribution in [0.3, 0.4) is 0 Å². The van der Waals surface area contributed by atoms with Crippen LogP contribution in [0.4, 0.5) is 0 Å². The third-order valence-electron chi connectivity index (χ3n) is 19.0. The van der Waals surface area contributed by atoms with Crippen LogP contribution >= 0.6 is 34.4 Å². The highest BCUT2D eigenvalue weighted by Gasteiger charge is 2.48. The molecule has 0 aliphatic carbocycles. The number of fused-ring (bicyclic) bond motifs is 10. The molecule has 1 unspecified atom stereocenters. The number of hydrogen-bond donors (Lipinski definition) is 0. The topological polar surface area (TPSA) is 30.7 Å². The SMILES string of the molecule is CCCCCCCC[Si]1(CCCCCCCC)c2cc3c4cc5c(cc4n(CC(CC)CCCC)c3cc2-c2sc(C)cc21)-c1sc(-c2ccc(C)c3nsnc23)cc1[Si]5(CCCCCCCC)CCCCCCCC. The van der Waals surface area contributed by atoms with Gasteiger partial charge in [-0.3, -0.25) is 0 Å². The summed E-state index contributed by atoms with van der Waals surface area (Å²) < 4.78 is 12.7. The Morgan fingerprint density at radius 3 is 1.38 bits per heavy atom. The van der Waals surface area contributed by atoms with Crippen molar-refractivity contribution < 1.29 is 0 Å². The number of aromatic nitrogens is 3. The van der Waals surface area contributed by atoms with E-state index in [-0.39, 0.29) is 0 Å². The first-order chi connectivity index (χ1) is 37.3. The zero-order chi connectivity index (χ0) is 53.1. The van der Waals surface area contributed by atoms with Crippen LogP contribution in [0.25, 0.3) is 64.2 Å². The predicted octanol–water partition coefficient (Wildman–Crippen LogP) is 21.0. The van der Waals surface area contributed by atoms with Gasteiger partial charge in [-0.15, -0.1) is 22.7 Å². The van der Waals surface area contributed by atoms with E-state index >= 15 is 0 Å². The average Bonchev–Trinajstić information content (AvgIpc) is 4.37. The normalized spacial score (nSPS) is 14.6. The molecule has 2 aliphatic rings. The molecule has 0 bridgehead atoms. The number of thiophene rings is 2. The zero-order valence-corrected chi connectivity index (χ0v) is 53.5. The lowest BCUT2D eigenvalue weighted by molar-refractivity contribution is 0.401. The average molecular weight is 1110 g/mol. The largest absolute Gasteiger partial charge is 0.340 e. The molecule has 76 heavy (non-hydrogen) atoms. The van der Waals surface area contributed by atoms with Crippen LogP contribution in [0.1, 0.15) is 232 Å². The quantitative estimate of drug-likeness (QED) is 0.0293. The Morgan fingerprint density at radius 1 is 0.447 bits per heavy atom. The van der Waals surface area contributed by atoms with Gasteiger partial charge in [0.05, 0.1) is 11.7 Å². The summed E-state index contributed by atoms with van der Waals surface area (Å²) in [6.45, 7) is 20.1. The molecular formula is C68H99N3S3Si2. The smallest absolute Gasteiger partial charge is 0.120 e. The van der Waals surface area contributed by atoms with E-state index in [1.165, 1.54) is 248 Å². The second-order valence-electron chi connectivity index (χ2n) is 24.4. The molecule has 412 valence electrons. The molecular weight excluding hydrogens is 1010 g/mol. The van der Waals surface area contributed by atoms with Gasteiger partial charge in [0.2, 0.25) is 0 Å². The second kappa shape index (κ2) is 27.5. The molecule has 3 aromatic carbocycles. The van der Waals surface area contributed by atoms with Gasteiger partial charge in [0.1, 0.15) is 27.2 Å². The van der Waals surface area contributed by atoms with Crippen molar-refractivity contribution in [2.75, 3.05) is 0 Å². The minimum atomic E-state index is -2.22. The maximum atomic E-state index is 4.99. The van der Waals surface area contributed by atoms with Gasteiger partial charge in [0.15, 0.2) is 0 Å². The maximum absolute atomic E-state index is 4.99. The van der Waals surface area contributed by atoms with Crippen molar-refractivity contribution in [3.05, 3.63) is 59.0 Å². The van der Waals surface area contributed by atoms with Gasteiger partial charge in [-0.25, -0.2) is 0 Å². The molecule has 1 atom stereocenters. The Balaban J connectivity index is 1.26. The molecule has 0 spiro atoms. The summed E-state index contributed by atoms with van der Waals surface area (Å²) in [7, 11) is -4.27. The van der Waals surface area contributed by atoms with E-state index in [2.05, 4.69) is 131 Å². The van der Waals surface area contributed by atoms with Crippen molar-refractivity contribution in [2.24, 2.45) is 5.92 Å². The summed E-state index contributed by atoms with van der Waals surface area (Å²) in [6.07, 6.45) is 38.1. The Labute approximate surface area is 476 Å². The molecule has 0 N–H and O–H groups in total. The van der Waals surface area contributed by atoms with E-state index in [1.54, 1.807) is 42.0 Å². The Bertz CT molecular complexity index is 2930. The number of hydrogen-bond acceptors (Lipinski definition) is 5. The highest BCUT2D eigenvalue weighted by atomic mass is 32.1. The first kappa shape index (κ1) is 57.8. The van der Waals surface area contributed by atoms with Crippen molar-refractivity contribution in [3.63, 3.8) is 0 Å². The van der Waals surface area contributed by atoms with Crippen molar-refractivity contribution in [1.82, 2.24) is 13.3 Å². The van der Waals surface area contributed by atoms with Gasteiger partial charge in [-0.1, -0.05) is 239 Å². The van der Waals surface area contributed by atoms with Crippen molar-refractivity contribution in [1.29, 1.82) is 0 Å². The van der Waals surface area contributed by atoms with E-state index in [0.717, 1.165) is 17.6 Å². The van der Waals surface area contributed by atoms with E-state index in [9.17, 15) is 0 Å². The van der Waals surface area contributed by atoms with E-state index in [1.807, 2.05) is 10.4 Å². The molecule has 0 saturated carbocycles. The van der Waals surface area contributed by atoms with Crippen LogP contribution in [0.2, 0.25) is 24.2 Å². The standard InChI is InChI=1S/C68H99N3S3Si2/c1-9-15-20-24-28-32-39-75(40-33-29-25-21-16-10-2)61-46-54-55-47-62-57(45-59(55)71(49-52(14-6)36-19-13-5)58(54)44-56(61)67-63(75)43-51(8)72-67)68-64(48-60(73-68)53-38-37-50(7)65-66(53)70-74-69-65)76(62,41-34-30-26-22-17-11-3)42-35-31-27-23-18-12-4/h37-38,43-48,52H,9-36,39-42,49H2,1-8H3. The summed E-state index contributed by atoms with van der Waals surface area (Å²) in [5, 5.41) is 10.4. The summed E-state index contributed by atoms with van der Waals surface area (Å²) in [4.78, 5) is 6.21. The molecule has 0 radical (unpaired) electrons. The zero-order valence-electron chi connectivity index (χ0n) is 49.1. The number of unbranched alkanes of at least 4 members (excludes halogenated alkanes) is 21. The van der Waals surface area contributed by atoms with Crippen molar-refractivity contribution >= 4 is 104 Å². The van der Waals surface area contributed by atoms with Gasteiger partial charge in [0.25, 0.3) is 0 Å². The van der Waals surface area contributed by atoms with Gasteiger partial charge < -0.3 is 4.57 Å². The lowest BCUT2D eigenvalue weighted by Gasteiger charge is -2.30. The number of benzene rings is 3. The van der Waals surface area contributed by atoms with Gasteiger partial charge in [0, 0.05) is 53.4 Å². The van der Waals surface area contributed by atoms with Crippen LogP contribution in [0.15, 0.2) is 48.5 Å². The molecule has 7 aromatic rings. The minimum Gasteiger partial charge on any atom is -0.340 e. The first-order valence-corrected chi connectivity index (χ1v) is 39.1. The van der Waals surface area contributed by atoms with E-state index < -0.39 is 16.1 Å². The highest BCUT2D eigenvalue weighted by Crippen LogP contribution is 2.48. The van der Waals surface area contributed by atoms with Gasteiger partial charge in [-0.05, 0) is 112 Å².